The van der Waals surface area contributed by atoms with Crippen LogP contribution >= 0.6 is 0 Å². The number of carbonyl (C=O) groups excluding carboxylic acids is 2. The number of benzene rings is 2. The lowest BCUT2D eigenvalue weighted by atomic mass is 9.96. The van der Waals surface area contributed by atoms with Crippen molar-refractivity contribution in [3.63, 3.8) is 0 Å². The Bertz CT molecular complexity index is 1150. The fraction of sp³-hybridized carbons (Fsp3) is 0.370. The topological polar surface area (TPSA) is 75.4 Å². The lowest BCUT2D eigenvalue weighted by Gasteiger charge is -2.18. The summed E-state index contributed by atoms with van der Waals surface area (Å²) < 4.78 is 1.96. The van der Waals surface area contributed by atoms with Crippen LogP contribution in [-0.2, 0) is 11.3 Å². The van der Waals surface area contributed by atoms with Crippen LogP contribution in [0.4, 0.5) is 5.82 Å². The van der Waals surface area contributed by atoms with Gasteiger partial charge in [-0.3, -0.25) is 14.5 Å². The van der Waals surface area contributed by atoms with Crippen molar-refractivity contribution in [2.24, 2.45) is 5.92 Å². The van der Waals surface area contributed by atoms with Gasteiger partial charge in [-0.05, 0) is 36.0 Å². The monoisotopic (exact) mass is 445 g/mol. The predicted molar refractivity (Wildman–Crippen MR) is 129 cm³/mol. The van der Waals surface area contributed by atoms with Crippen LogP contribution in [0.3, 0.4) is 0 Å². The van der Waals surface area contributed by atoms with Gasteiger partial charge in [0, 0.05) is 38.1 Å². The van der Waals surface area contributed by atoms with Crippen molar-refractivity contribution < 1.29 is 14.7 Å². The van der Waals surface area contributed by atoms with E-state index in [0.29, 0.717) is 42.6 Å². The van der Waals surface area contributed by atoms with E-state index in [1.807, 2.05) is 47.0 Å². The van der Waals surface area contributed by atoms with Crippen molar-refractivity contribution in [2.45, 2.75) is 45.6 Å². The Kier molecular flexibility index (Phi) is 6.75. The molecule has 0 saturated heterocycles. The Morgan fingerprint density at radius 1 is 1.09 bits per heavy atom. The second-order valence-electron chi connectivity index (χ2n) is 9.05. The van der Waals surface area contributed by atoms with Gasteiger partial charge in [0.2, 0.25) is 5.91 Å². The van der Waals surface area contributed by atoms with Crippen molar-refractivity contribution in [3.05, 3.63) is 71.4 Å². The summed E-state index contributed by atoms with van der Waals surface area (Å²) in [4.78, 5) is 33.1. The molecule has 1 aliphatic heterocycles. The third-order valence-electron chi connectivity index (χ3n) is 6.35. The van der Waals surface area contributed by atoms with E-state index in [-0.39, 0.29) is 24.7 Å². The van der Waals surface area contributed by atoms with Crippen molar-refractivity contribution in [3.8, 4) is 11.4 Å². The zero-order valence-electron chi connectivity index (χ0n) is 19.5. The number of nitrogens with zero attached hydrogens (tertiary/aromatic N) is 3. The number of hydrogen-bond donors (Lipinski definition) is 1. The van der Waals surface area contributed by atoms with Gasteiger partial charge in [0.05, 0.1) is 0 Å². The van der Waals surface area contributed by atoms with Gasteiger partial charge in [0.1, 0.15) is 11.5 Å². The van der Waals surface area contributed by atoms with E-state index < -0.39 is 5.92 Å². The normalized spacial score (nSPS) is 16.3. The lowest BCUT2D eigenvalue weighted by Crippen LogP contribution is -2.32. The fourth-order valence-electron chi connectivity index (χ4n) is 4.48. The molecule has 2 heterocycles. The van der Waals surface area contributed by atoms with Crippen LogP contribution in [0.25, 0.3) is 11.4 Å². The Morgan fingerprint density at radius 2 is 1.85 bits per heavy atom. The number of anilines is 1. The molecule has 1 unspecified atom stereocenters. The SMILES string of the molecule is CC(C)c1cccc(-c2nc3c(n2Cc2ccccc2)C(=O)CC(CCCO)C(=O)N3C)c1. The number of ketones is 1. The minimum absolute atomic E-state index is 0.00343. The van der Waals surface area contributed by atoms with Gasteiger partial charge >= 0.3 is 0 Å². The summed E-state index contributed by atoms with van der Waals surface area (Å²) in [5, 5.41) is 9.22. The number of fused-ring (bicyclic) bond motifs is 1. The van der Waals surface area contributed by atoms with Crippen LogP contribution in [-0.4, -0.2) is 40.0 Å². The van der Waals surface area contributed by atoms with Crippen molar-refractivity contribution >= 4 is 17.5 Å². The average molecular weight is 446 g/mol. The maximum atomic E-state index is 13.5. The number of aliphatic hydroxyl groups is 1. The van der Waals surface area contributed by atoms with Crippen LogP contribution in [0.1, 0.15) is 60.6 Å². The maximum absolute atomic E-state index is 13.5. The number of aliphatic hydroxyl groups excluding tert-OH is 1. The van der Waals surface area contributed by atoms with Gasteiger partial charge in [-0.2, -0.15) is 0 Å². The zero-order valence-corrected chi connectivity index (χ0v) is 19.5. The number of amides is 1. The molecule has 6 nitrogen and oxygen atoms in total. The molecule has 2 aromatic carbocycles. The van der Waals surface area contributed by atoms with E-state index in [0.717, 1.165) is 11.1 Å². The standard InChI is InChI=1S/C27H31N3O3/c1-18(2)20-11-7-12-21(15-20)25-28-26-24(30(25)17-19-9-5-4-6-10-19)23(32)16-22(13-8-14-31)27(33)29(26)3/h4-7,9-12,15,18,22,31H,8,13-14,16-17H2,1-3H3. The minimum atomic E-state index is -0.443. The summed E-state index contributed by atoms with van der Waals surface area (Å²) in [6.45, 7) is 4.78. The largest absolute Gasteiger partial charge is 0.396 e. The van der Waals surface area contributed by atoms with Crippen LogP contribution in [0.15, 0.2) is 54.6 Å². The second-order valence-corrected chi connectivity index (χ2v) is 9.05. The van der Waals surface area contributed by atoms with Gasteiger partial charge in [0.25, 0.3) is 0 Å². The Morgan fingerprint density at radius 3 is 2.55 bits per heavy atom. The lowest BCUT2D eigenvalue weighted by molar-refractivity contribution is -0.122. The molecule has 1 aliphatic rings. The zero-order chi connectivity index (χ0) is 23.5. The Labute approximate surface area is 194 Å². The Hall–Kier alpha value is -3.25. The molecule has 0 spiro atoms. The molecule has 0 saturated carbocycles. The predicted octanol–water partition coefficient (Wildman–Crippen LogP) is 4.66. The molecule has 1 aromatic heterocycles. The molecule has 0 bridgehead atoms. The summed E-state index contributed by atoms with van der Waals surface area (Å²) in [7, 11) is 1.69. The number of aromatic nitrogens is 2. The van der Waals surface area contributed by atoms with Gasteiger partial charge in [-0.15, -0.1) is 0 Å². The van der Waals surface area contributed by atoms with E-state index in [2.05, 4.69) is 26.0 Å². The molecule has 1 atom stereocenters. The first-order chi connectivity index (χ1) is 15.9. The summed E-state index contributed by atoms with van der Waals surface area (Å²) in [6, 6.07) is 18.2. The molecule has 1 N–H and O–H groups in total. The highest BCUT2D eigenvalue weighted by Crippen LogP contribution is 2.35. The summed E-state index contributed by atoms with van der Waals surface area (Å²) in [6.07, 6.45) is 1.10. The third kappa shape index (κ3) is 4.62. The average Bonchev–Trinajstić information content (AvgIpc) is 3.16. The summed E-state index contributed by atoms with van der Waals surface area (Å²) >= 11 is 0. The third-order valence-corrected chi connectivity index (χ3v) is 6.35. The minimum Gasteiger partial charge on any atom is -0.396 e. The van der Waals surface area contributed by atoms with Crippen LogP contribution < -0.4 is 4.90 Å². The van der Waals surface area contributed by atoms with Crippen molar-refractivity contribution in [2.75, 3.05) is 18.6 Å². The number of imidazole rings is 1. The van der Waals surface area contributed by atoms with E-state index in [4.69, 9.17) is 4.98 Å². The van der Waals surface area contributed by atoms with E-state index in [1.165, 1.54) is 10.5 Å². The number of rotatable bonds is 7. The number of carbonyl (C=O) groups is 2. The first-order valence-corrected chi connectivity index (χ1v) is 11.6. The van der Waals surface area contributed by atoms with Crippen LogP contribution in [0.2, 0.25) is 0 Å². The summed E-state index contributed by atoms with van der Waals surface area (Å²) in [5.41, 5.74) is 3.65. The first kappa shape index (κ1) is 22.9. The highest BCUT2D eigenvalue weighted by Gasteiger charge is 2.36. The van der Waals surface area contributed by atoms with E-state index in [1.54, 1.807) is 7.05 Å². The molecule has 172 valence electrons. The second kappa shape index (κ2) is 9.71. The van der Waals surface area contributed by atoms with Gasteiger partial charge in [-0.25, -0.2) is 4.98 Å². The van der Waals surface area contributed by atoms with Gasteiger partial charge in [0.15, 0.2) is 11.6 Å². The molecule has 6 heteroatoms. The van der Waals surface area contributed by atoms with Crippen molar-refractivity contribution in [1.29, 1.82) is 0 Å². The van der Waals surface area contributed by atoms with Crippen molar-refractivity contribution in [1.82, 2.24) is 9.55 Å². The first-order valence-electron chi connectivity index (χ1n) is 11.6. The van der Waals surface area contributed by atoms with E-state index >= 15 is 0 Å². The van der Waals surface area contributed by atoms with Crippen LogP contribution in [0.5, 0.6) is 0 Å². The molecule has 33 heavy (non-hydrogen) atoms. The van der Waals surface area contributed by atoms with Crippen LogP contribution in [0, 0.1) is 5.92 Å². The highest BCUT2D eigenvalue weighted by molar-refractivity contribution is 6.09. The summed E-state index contributed by atoms with van der Waals surface area (Å²) in [5.74, 6) is 0.813. The maximum Gasteiger partial charge on any atom is 0.231 e. The number of hydrogen-bond acceptors (Lipinski definition) is 4. The number of Topliss-reactive ketones (excluding diaryl/α,β-unsaturated/α-hetero) is 1. The Balaban J connectivity index is 1.86. The molecule has 3 aromatic rings. The van der Waals surface area contributed by atoms with Gasteiger partial charge in [-0.1, -0.05) is 62.4 Å². The van der Waals surface area contributed by atoms with E-state index in [9.17, 15) is 14.7 Å². The molecule has 0 fully saturated rings. The molecule has 1 amide bonds. The van der Waals surface area contributed by atoms with Gasteiger partial charge < -0.3 is 9.67 Å². The quantitative estimate of drug-likeness (QED) is 0.574. The molecular weight excluding hydrogens is 414 g/mol. The molecule has 0 aliphatic carbocycles. The fourth-order valence-corrected chi connectivity index (χ4v) is 4.48. The molecule has 0 radical (unpaired) electrons. The smallest absolute Gasteiger partial charge is 0.231 e. The molecular formula is C27H31N3O3. The molecule has 4 rings (SSSR count). The highest BCUT2D eigenvalue weighted by atomic mass is 16.3.